The molecule has 4 heteroatoms. The van der Waals surface area contributed by atoms with Crippen LogP contribution in [-0.4, -0.2) is 23.6 Å². The summed E-state index contributed by atoms with van der Waals surface area (Å²) in [6.07, 6.45) is 1.69. The summed E-state index contributed by atoms with van der Waals surface area (Å²) in [6, 6.07) is 6.89. The van der Waals surface area contributed by atoms with Crippen LogP contribution in [0, 0.1) is 0 Å². The fraction of sp³-hybridized carbons (Fsp3) is 0.167. The van der Waals surface area contributed by atoms with Crippen LogP contribution in [0.3, 0.4) is 0 Å². The number of hydrogen-bond acceptors (Lipinski definition) is 3. The van der Waals surface area contributed by atoms with Gasteiger partial charge in [-0.05, 0) is 24.3 Å². The molecule has 82 valence electrons. The van der Waals surface area contributed by atoms with Crippen molar-refractivity contribution < 1.29 is 14.3 Å². The molecule has 4 nitrogen and oxygen atoms in total. The highest BCUT2D eigenvalue weighted by atomic mass is 16.5. The monoisotopic (exact) mass is 217 g/mol. The summed E-state index contributed by atoms with van der Waals surface area (Å²) in [5.41, 5.74) is 1.27. The molecule has 0 aliphatic rings. The lowest BCUT2D eigenvalue weighted by Crippen LogP contribution is -2.04. The van der Waals surface area contributed by atoms with Gasteiger partial charge in [0.05, 0.1) is 18.2 Å². The van der Waals surface area contributed by atoms with E-state index in [0.717, 1.165) is 10.9 Å². The van der Waals surface area contributed by atoms with Crippen LogP contribution in [0.25, 0.3) is 10.9 Å². The molecule has 1 aromatic carbocycles. The van der Waals surface area contributed by atoms with E-state index < -0.39 is 0 Å². The van der Waals surface area contributed by atoms with Gasteiger partial charge in [0.25, 0.3) is 0 Å². The molecule has 0 N–H and O–H groups in total. The second-order valence-corrected chi connectivity index (χ2v) is 3.47. The highest BCUT2D eigenvalue weighted by molar-refractivity contribution is 5.97. The number of hydrogen-bond donors (Lipinski definition) is 0. The van der Waals surface area contributed by atoms with E-state index in [0.29, 0.717) is 5.56 Å². The molecular weight excluding hydrogens is 206 g/mol. The van der Waals surface area contributed by atoms with E-state index in [2.05, 4.69) is 4.74 Å². The molecular formula is C12H11NO3. The van der Waals surface area contributed by atoms with Crippen molar-refractivity contribution in [3.8, 4) is 0 Å². The van der Waals surface area contributed by atoms with Crippen LogP contribution in [-0.2, 0) is 4.74 Å². The number of carbonyl (C=O) groups is 2. The zero-order valence-electron chi connectivity index (χ0n) is 9.06. The normalized spacial score (nSPS) is 10.4. The Bertz CT molecular complexity index is 569. The number of nitrogens with zero attached hydrogens (tertiary/aromatic N) is 1. The molecule has 0 spiro atoms. The van der Waals surface area contributed by atoms with Gasteiger partial charge >= 0.3 is 5.97 Å². The van der Waals surface area contributed by atoms with Crippen molar-refractivity contribution in [2.75, 3.05) is 7.11 Å². The van der Waals surface area contributed by atoms with Crippen molar-refractivity contribution in [1.82, 2.24) is 4.57 Å². The van der Waals surface area contributed by atoms with Gasteiger partial charge in [0.15, 0.2) is 0 Å². The van der Waals surface area contributed by atoms with Crippen molar-refractivity contribution in [1.29, 1.82) is 0 Å². The Kier molecular flexibility index (Phi) is 2.48. The molecule has 0 aliphatic carbocycles. The van der Waals surface area contributed by atoms with Gasteiger partial charge in [-0.25, -0.2) is 4.79 Å². The topological polar surface area (TPSA) is 48.3 Å². The maximum Gasteiger partial charge on any atom is 0.337 e. The lowest BCUT2D eigenvalue weighted by molar-refractivity contribution is 0.0601. The van der Waals surface area contributed by atoms with E-state index in [-0.39, 0.29) is 11.9 Å². The van der Waals surface area contributed by atoms with Gasteiger partial charge in [-0.3, -0.25) is 9.36 Å². The molecule has 1 aromatic heterocycles. The Hall–Kier alpha value is -2.10. The molecule has 0 atom stereocenters. The van der Waals surface area contributed by atoms with Gasteiger partial charge in [-0.1, -0.05) is 0 Å². The first-order chi connectivity index (χ1) is 7.63. The van der Waals surface area contributed by atoms with Gasteiger partial charge in [0.1, 0.15) is 0 Å². The number of ether oxygens (including phenoxy) is 1. The third-order valence-electron chi connectivity index (χ3n) is 2.45. The van der Waals surface area contributed by atoms with Gasteiger partial charge in [0, 0.05) is 18.5 Å². The van der Waals surface area contributed by atoms with Crippen LogP contribution in [0.2, 0.25) is 0 Å². The summed E-state index contributed by atoms with van der Waals surface area (Å²) in [4.78, 5) is 22.6. The Morgan fingerprint density at radius 1 is 1.25 bits per heavy atom. The standard InChI is InChI=1S/C12H11NO3/c1-8(14)13-6-5-9-7-10(12(15)16-2)3-4-11(9)13/h3-7H,1-2H3. The highest BCUT2D eigenvalue weighted by Gasteiger charge is 2.09. The highest BCUT2D eigenvalue weighted by Crippen LogP contribution is 2.18. The molecule has 0 bridgehead atoms. The molecule has 0 amide bonds. The van der Waals surface area contributed by atoms with E-state index in [9.17, 15) is 9.59 Å². The van der Waals surface area contributed by atoms with Crippen molar-refractivity contribution in [2.24, 2.45) is 0 Å². The summed E-state index contributed by atoms with van der Waals surface area (Å²) in [7, 11) is 1.34. The molecule has 2 aromatic rings. The first-order valence-electron chi connectivity index (χ1n) is 4.84. The minimum Gasteiger partial charge on any atom is -0.465 e. The summed E-state index contributed by atoms with van der Waals surface area (Å²) in [6.45, 7) is 1.49. The van der Waals surface area contributed by atoms with Crippen molar-refractivity contribution in [3.63, 3.8) is 0 Å². The molecule has 0 aliphatic heterocycles. The molecule has 2 rings (SSSR count). The van der Waals surface area contributed by atoms with Gasteiger partial charge in [0.2, 0.25) is 5.91 Å². The molecule has 1 heterocycles. The second kappa shape index (κ2) is 3.81. The average Bonchev–Trinajstić information content (AvgIpc) is 2.70. The molecule has 0 saturated heterocycles. The van der Waals surface area contributed by atoms with Crippen LogP contribution in [0.5, 0.6) is 0 Å². The van der Waals surface area contributed by atoms with E-state index >= 15 is 0 Å². The fourth-order valence-corrected chi connectivity index (χ4v) is 1.66. The second-order valence-electron chi connectivity index (χ2n) is 3.47. The van der Waals surface area contributed by atoms with Crippen molar-refractivity contribution in [2.45, 2.75) is 6.92 Å². The van der Waals surface area contributed by atoms with Gasteiger partial charge < -0.3 is 4.74 Å². The number of benzene rings is 1. The summed E-state index contributed by atoms with van der Waals surface area (Å²) >= 11 is 0. The number of methoxy groups -OCH3 is 1. The van der Waals surface area contributed by atoms with E-state index in [1.165, 1.54) is 18.6 Å². The fourth-order valence-electron chi connectivity index (χ4n) is 1.66. The SMILES string of the molecule is COC(=O)c1ccc2c(ccn2C(C)=O)c1. The van der Waals surface area contributed by atoms with Crippen LogP contribution in [0.1, 0.15) is 22.1 Å². The predicted molar refractivity (Wildman–Crippen MR) is 59.6 cm³/mol. The minimum atomic E-state index is -0.377. The zero-order chi connectivity index (χ0) is 11.7. The number of rotatable bonds is 1. The minimum absolute atomic E-state index is 0.0548. The molecule has 0 saturated carbocycles. The quantitative estimate of drug-likeness (QED) is 0.687. The lowest BCUT2D eigenvalue weighted by atomic mass is 10.1. The Labute approximate surface area is 92.4 Å². The Morgan fingerprint density at radius 3 is 2.62 bits per heavy atom. The number of aromatic nitrogens is 1. The third kappa shape index (κ3) is 1.58. The number of carbonyl (C=O) groups excluding carboxylic acids is 2. The smallest absolute Gasteiger partial charge is 0.337 e. The first kappa shape index (κ1) is 10.4. The Balaban J connectivity index is 2.57. The number of fused-ring (bicyclic) bond motifs is 1. The Morgan fingerprint density at radius 2 is 2.00 bits per heavy atom. The van der Waals surface area contributed by atoms with Crippen LogP contribution < -0.4 is 0 Å². The van der Waals surface area contributed by atoms with Gasteiger partial charge in [-0.15, -0.1) is 0 Å². The summed E-state index contributed by atoms with van der Waals surface area (Å²) in [5, 5.41) is 0.845. The van der Waals surface area contributed by atoms with E-state index in [1.807, 2.05) is 0 Å². The zero-order valence-corrected chi connectivity index (χ0v) is 9.06. The van der Waals surface area contributed by atoms with Gasteiger partial charge in [-0.2, -0.15) is 0 Å². The summed E-state index contributed by atoms with van der Waals surface area (Å²) in [5.74, 6) is -0.432. The molecule has 0 fully saturated rings. The van der Waals surface area contributed by atoms with Crippen molar-refractivity contribution >= 4 is 22.8 Å². The first-order valence-corrected chi connectivity index (χ1v) is 4.84. The van der Waals surface area contributed by atoms with Crippen LogP contribution in [0.15, 0.2) is 30.5 Å². The van der Waals surface area contributed by atoms with E-state index in [1.54, 1.807) is 30.5 Å². The largest absolute Gasteiger partial charge is 0.465 e. The average molecular weight is 217 g/mol. The maximum absolute atomic E-state index is 11.3. The summed E-state index contributed by atoms with van der Waals surface area (Å²) < 4.78 is 6.16. The van der Waals surface area contributed by atoms with Crippen LogP contribution >= 0.6 is 0 Å². The lowest BCUT2D eigenvalue weighted by Gasteiger charge is -2.01. The molecule has 0 unspecified atom stereocenters. The van der Waals surface area contributed by atoms with Crippen molar-refractivity contribution in [3.05, 3.63) is 36.0 Å². The number of esters is 1. The molecule has 16 heavy (non-hydrogen) atoms. The maximum atomic E-state index is 11.3. The predicted octanol–water partition coefficient (Wildman–Crippen LogP) is 2.09. The van der Waals surface area contributed by atoms with E-state index in [4.69, 9.17) is 0 Å². The third-order valence-corrected chi connectivity index (χ3v) is 2.45. The van der Waals surface area contributed by atoms with Crippen LogP contribution in [0.4, 0.5) is 0 Å². The molecule has 0 radical (unpaired) electrons.